The molecular weight excluding hydrogens is 518 g/mol. The van der Waals surface area contributed by atoms with E-state index in [1.54, 1.807) is 37.3 Å². The second-order valence-corrected chi connectivity index (χ2v) is 9.90. The Morgan fingerprint density at radius 2 is 2.05 bits per heavy atom. The molecule has 0 spiro atoms. The zero-order chi connectivity index (χ0) is 27.0. The van der Waals surface area contributed by atoms with E-state index in [0.29, 0.717) is 33.0 Å². The number of rotatable bonds is 4. The molecule has 0 aliphatic carbocycles. The first-order chi connectivity index (χ1) is 18.2. The number of aryl methyl sites for hydroxylation is 1. The largest absolute Gasteiger partial charge is 0.465 e. The van der Waals surface area contributed by atoms with Crippen LogP contribution < -0.4 is 5.32 Å². The summed E-state index contributed by atoms with van der Waals surface area (Å²) >= 11 is 1.11. The fourth-order valence-corrected chi connectivity index (χ4v) is 5.66. The molecule has 0 radical (unpaired) electrons. The number of urea groups is 1. The SMILES string of the molecule is Cc1cc(-c2sc(NC(=O)N3C[C@@H]4OCCN(C(=O)O)[C@H]4C3)nc2-c2cccc(C#N)c2)cc(C(F)F)n1. The second kappa shape index (κ2) is 10.3. The predicted octanol–water partition coefficient (Wildman–Crippen LogP) is 4.58. The Labute approximate surface area is 220 Å². The third-order valence-corrected chi connectivity index (χ3v) is 7.42. The summed E-state index contributed by atoms with van der Waals surface area (Å²) in [7, 11) is 0. The van der Waals surface area contributed by atoms with Gasteiger partial charge in [-0.2, -0.15) is 5.26 Å². The van der Waals surface area contributed by atoms with Gasteiger partial charge in [-0.25, -0.2) is 23.4 Å². The molecule has 2 saturated heterocycles. The van der Waals surface area contributed by atoms with Gasteiger partial charge in [-0.3, -0.25) is 15.2 Å². The number of ether oxygens (including phenoxy) is 1. The maximum absolute atomic E-state index is 13.5. The van der Waals surface area contributed by atoms with Gasteiger partial charge < -0.3 is 14.7 Å². The molecule has 3 aromatic rings. The highest BCUT2D eigenvalue weighted by molar-refractivity contribution is 7.19. The fraction of sp³-hybridized carbons (Fsp3) is 0.320. The number of benzene rings is 1. The van der Waals surface area contributed by atoms with Crippen LogP contribution in [-0.2, 0) is 4.74 Å². The smallest absolute Gasteiger partial charge is 0.407 e. The first-order valence-corrected chi connectivity index (χ1v) is 12.5. The highest BCUT2D eigenvalue weighted by Gasteiger charge is 2.44. The van der Waals surface area contributed by atoms with Crippen molar-refractivity contribution in [3.05, 3.63) is 53.3 Å². The molecule has 2 N–H and O–H groups in total. The molecule has 4 heterocycles. The van der Waals surface area contributed by atoms with Crippen molar-refractivity contribution in [2.75, 3.05) is 31.6 Å². The number of amides is 3. The molecule has 0 bridgehead atoms. The average Bonchev–Trinajstić information content (AvgIpc) is 3.53. The van der Waals surface area contributed by atoms with Crippen LogP contribution in [0.3, 0.4) is 0 Å². The number of carboxylic acid groups (broad SMARTS) is 1. The van der Waals surface area contributed by atoms with Crippen molar-refractivity contribution in [1.82, 2.24) is 19.8 Å². The van der Waals surface area contributed by atoms with Crippen LogP contribution >= 0.6 is 11.3 Å². The number of morpholine rings is 1. The van der Waals surface area contributed by atoms with Crippen molar-refractivity contribution in [2.24, 2.45) is 0 Å². The summed E-state index contributed by atoms with van der Waals surface area (Å²) < 4.78 is 32.7. The summed E-state index contributed by atoms with van der Waals surface area (Å²) in [6.45, 7) is 2.50. The van der Waals surface area contributed by atoms with Crippen LogP contribution in [0.5, 0.6) is 0 Å². The van der Waals surface area contributed by atoms with Crippen molar-refractivity contribution < 1.29 is 28.2 Å². The van der Waals surface area contributed by atoms with Crippen molar-refractivity contribution in [2.45, 2.75) is 25.5 Å². The molecule has 0 unspecified atom stereocenters. The monoisotopic (exact) mass is 540 g/mol. The summed E-state index contributed by atoms with van der Waals surface area (Å²) in [5.74, 6) is 0. The van der Waals surface area contributed by atoms with Crippen LogP contribution in [0, 0.1) is 18.3 Å². The van der Waals surface area contributed by atoms with Crippen molar-refractivity contribution >= 4 is 28.6 Å². The van der Waals surface area contributed by atoms with Crippen LogP contribution in [-0.4, -0.2) is 75.4 Å². The molecule has 2 atom stereocenters. The Bertz CT molecular complexity index is 1440. The van der Waals surface area contributed by atoms with Gasteiger partial charge in [-0.1, -0.05) is 23.5 Å². The summed E-state index contributed by atoms with van der Waals surface area (Å²) in [6, 6.07) is 10.8. The van der Waals surface area contributed by atoms with Crippen molar-refractivity contribution in [3.8, 4) is 27.8 Å². The number of carbonyl (C=O) groups excluding carboxylic acids is 1. The minimum absolute atomic E-state index is 0.166. The molecule has 1 aromatic carbocycles. The molecule has 2 aliphatic rings. The van der Waals surface area contributed by atoms with E-state index in [-0.39, 0.29) is 37.1 Å². The van der Waals surface area contributed by atoms with Crippen LogP contribution in [0.2, 0.25) is 0 Å². The number of carbonyl (C=O) groups is 2. The number of hydrogen-bond acceptors (Lipinski definition) is 7. The van der Waals surface area contributed by atoms with Crippen molar-refractivity contribution in [1.29, 1.82) is 5.26 Å². The van der Waals surface area contributed by atoms with E-state index in [9.17, 15) is 28.7 Å². The molecule has 196 valence electrons. The maximum Gasteiger partial charge on any atom is 0.407 e. The number of thiazole rings is 1. The van der Waals surface area contributed by atoms with Crippen LogP contribution in [0.4, 0.5) is 23.5 Å². The first-order valence-electron chi connectivity index (χ1n) is 11.7. The van der Waals surface area contributed by atoms with Crippen molar-refractivity contribution in [3.63, 3.8) is 0 Å². The maximum atomic E-state index is 13.5. The molecule has 3 amide bonds. The van der Waals surface area contributed by atoms with Gasteiger partial charge >= 0.3 is 12.1 Å². The number of nitrogens with one attached hydrogen (secondary N) is 1. The molecule has 2 aromatic heterocycles. The number of alkyl halides is 2. The number of anilines is 1. The molecule has 2 aliphatic heterocycles. The third kappa shape index (κ3) is 5.00. The minimum atomic E-state index is -2.77. The van der Waals surface area contributed by atoms with Gasteiger partial charge in [0.05, 0.1) is 47.5 Å². The molecule has 10 nitrogen and oxygen atoms in total. The van der Waals surface area contributed by atoms with E-state index in [1.807, 2.05) is 0 Å². The second-order valence-electron chi connectivity index (χ2n) is 8.90. The Kier molecular flexibility index (Phi) is 6.92. The topological polar surface area (TPSA) is 132 Å². The normalized spacial score (nSPS) is 18.8. The molecule has 2 fully saturated rings. The number of nitrogens with zero attached hydrogens (tertiary/aromatic N) is 5. The number of halogens is 2. The third-order valence-electron chi connectivity index (χ3n) is 6.40. The summed E-state index contributed by atoms with van der Waals surface area (Å²) in [5.41, 5.74) is 1.88. The van der Waals surface area contributed by atoms with Gasteiger partial charge in [-0.15, -0.1) is 0 Å². The number of likely N-dealkylation sites (tertiary alicyclic amines) is 1. The van der Waals surface area contributed by atoms with Gasteiger partial charge in [0.2, 0.25) is 0 Å². The number of hydrogen-bond donors (Lipinski definition) is 2. The molecular formula is C25H22F2N6O4S. The molecule has 5 rings (SSSR count). The summed E-state index contributed by atoms with van der Waals surface area (Å²) in [6.07, 6.45) is -4.25. The first kappa shape index (κ1) is 25.5. The quantitative estimate of drug-likeness (QED) is 0.495. The Hall–Kier alpha value is -4.15. The Morgan fingerprint density at radius 1 is 1.24 bits per heavy atom. The lowest BCUT2D eigenvalue weighted by Gasteiger charge is -2.34. The summed E-state index contributed by atoms with van der Waals surface area (Å²) in [4.78, 5) is 36.5. The minimum Gasteiger partial charge on any atom is -0.465 e. The van der Waals surface area contributed by atoms with Gasteiger partial charge in [0, 0.05) is 24.3 Å². The van der Waals surface area contributed by atoms with E-state index in [4.69, 9.17) is 4.74 Å². The average molecular weight is 541 g/mol. The number of pyridine rings is 1. The highest BCUT2D eigenvalue weighted by atomic mass is 32.1. The van der Waals surface area contributed by atoms with Gasteiger partial charge in [-0.05, 0) is 36.8 Å². The van der Waals surface area contributed by atoms with Gasteiger partial charge in [0.15, 0.2) is 5.13 Å². The molecule has 0 saturated carbocycles. The van der Waals surface area contributed by atoms with Gasteiger partial charge in [0.1, 0.15) is 5.69 Å². The standard InChI is InChI=1S/C25H22F2N6O4S/c1-13-7-16(9-17(29-13)22(26)27)21-20(15-4-2-3-14(8-15)10-28)30-23(38-21)31-24(34)32-11-18-19(12-32)37-6-5-33(18)25(35)36/h2-4,7-9,18-19,22H,5-6,11-12H2,1H3,(H,35,36)(H,30,31,34)/t18-,19-/m0/s1. The molecule has 38 heavy (non-hydrogen) atoms. The van der Waals surface area contributed by atoms with Crippen LogP contribution in [0.15, 0.2) is 36.4 Å². The Balaban J connectivity index is 1.47. The van der Waals surface area contributed by atoms with Crippen LogP contribution in [0.1, 0.15) is 23.4 Å². The lowest BCUT2D eigenvalue weighted by molar-refractivity contribution is -0.0381. The van der Waals surface area contributed by atoms with E-state index in [2.05, 4.69) is 21.4 Å². The zero-order valence-corrected chi connectivity index (χ0v) is 20.9. The predicted molar refractivity (Wildman–Crippen MR) is 134 cm³/mol. The van der Waals surface area contributed by atoms with Gasteiger partial charge in [0.25, 0.3) is 6.43 Å². The molecule has 13 heteroatoms. The van der Waals surface area contributed by atoms with E-state index >= 15 is 0 Å². The van der Waals surface area contributed by atoms with E-state index in [0.717, 1.165) is 11.3 Å². The number of nitriles is 1. The van der Waals surface area contributed by atoms with E-state index < -0.39 is 30.7 Å². The van der Waals surface area contributed by atoms with Crippen LogP contribution in [0.25, 0.3) is 21.7 Å². The lowest BCUT2D eigenvalue weighted by Crippen LogP contribution is -2.52. The number of aromatic nitrogens is 2. The summed E-state index contributed by atoms with van der Waals surface area (Å²) in [5, 5.41) is 21.8. The Morgan fingerprint density at radius 3 is 2.79 bits per heavy atom. The zero-order valence-electron chi connectivity index (χ0n) is 20.1. The van der Waals surface area contributed by atoms with E-state index in [1.165, 1.54) is 15.9 Å². The lowest BCUT2D eigenvalue weighted by atomic mass is 10.0. The fourth-order valence-electron chi connectivity index (χ4n) is 4.70. The highest BCUT2D eigenvalue weighted by Crippen LogP contribution is 2.40. The number of fused-ring (bicyclic) bond motifs is 1.